The molecule has 140 valence electrons. The number of hydrogen-bond acceptors (Lipinski definition) is 5. The standard InChI is InChI=1S/C15H12F4N2O4S/c1-9(10-2-4-11(16)5-3-10)20-13-7-6-12(8-14(13)21(22)23)26(24,25)15(17,18)19/h2-9,20H,1H3. The number of nitro groups is 1. The van der Waals surface area contributed by atoms with Crippen LogP contribution in [0, 0.1) is 15.9 Å². The van der Waals surface area contributed by atoms with Gasteiger partial charge < -0.3 is 5.32 Å². The van der Waals surface area contributed by atoms with E-state index in [1.54, 1.807) is 6.92 Å². The minimum absolute atomic E-state index is 0.173. The Balaban J connectivity index is 2.41. The number of anilines is 1. The first-order chi connectivity index (χ1) is 11.9. The summed E-state index contributed by atoms with van der Waals surface area (Å²) in [6.45, 7) is 1.59. The van der Waals surface area contributed by atoms with Crippen LogP contribution in [-0.4, -0.2) is 18.8 Å². The van der Waals surface area contributed by atoms with Crippen molar-refractivity contribution in [1.82, 2.24) is 0 Å². The van der Waals surface area contributed by atoms with E-state index in [-0.39, 0.29) is 5.69 Å². The summed E-state index contributed by atoms with van der Waals surface area (Å²) in [6, 6.07) is 6.54. The SMILES string of the molecule is CC(Nc1ccc(S(=O)(=O)C(F)(F)F)cc1[N+](=O)[O-])c1ccc(F)cc1. The Kier molecular flexibility index (Phi) is 5.21. The van der Waals surface area contributed by atoms with Gasteiger partial charge in [0.25, 0.3) is 15.5 Å². The van der Waals surface area contributed by atoms with E-state index < -0.39 is 42.7 Å². The monoisotopic (exact) mass is 392 g/mol. The van der Waals surface area contributed by atoms with E-state index in [0.717, 1.165) is 6.07 Å². The molecule has 6 nitrogen and oxygen atoms in total. The number of rotatable bonds is 5. The Morgan fingerprint density at radius 2 is 1.69 bits per heavy atom. The highest BCUT2D eigenvalue weighted by Crippen LogP contribution is 2.35. The van der Waals surface area contributed by atoms with Gasteiger partial charge in [-0.2, -0.15) is 13.2 Å². The van der Waals surface area contributed by atoms with Gasteiger partial charge in [-0.05, 0) is 36.8 Å². The highest BCUT2D eigenvalue weighted by atomic mass is 32.2. The highest BCUT2D eigenvalue weighted by molar-refractivity contribution is 7.92. The molecule has 2 aromatic rings. The molecule has 1 N–H and O–H groups in total. The number of hydrogen-bond donors (Lipinski definition) is 1. The van der Waals surface area contributed by atoms with E-state index in [4.69, 9.17) is 0 Å². The van der Waals surface area contributed by atoms with E-state index in [9.17, 15) is 36.1 Å². The molecule has 2 rings (SSSR count). The molecule has 0 fully saturated rings. The Morgan fingerprint density at radius 1 is 1.12 bits per heavy atom. The zero-order valence-electron chi connectivity index (χ0n) is 13.1. The van der Waals surface area contributed by atoms with Crippen molar-refractivity contribution in [2.24, 2.45) is 0 Å². The van der Waals surface area contributed by atoms with Crippen molar-refractivity contribution in [3.8, 4) is 0 Å². The molecule has 0 heterocycles. The molecular weight excluding hydrogens is 380 g/mol. The summed E-state index contributed by atoms with van der Waals surface area (Å²) in [7, 11) is -5.71. The topological polar surface area (TPSA) is 89.3 Å². The van der Waals surface area contributed by atoms with Gasteiger partial charge in [0.2, 0.25) is 0 Å². The maximum Gasteiger partial charge on any atom is 0.501 e. The Bertz CT molecular complexity index is 928. The Labute approximate surface area is 145 Å². The second-order valence-electron chi connectivity index (χ2n) is 5.30. The molecule has 26 heavy (non-hydrogen) atoms. The largest absolute Gasteiger partial charge is 0.501 e. The average Bonchev–Trinajstić information content (AvgIpc) is 2.54. The number of nitrogens with one attached hydrogen (secondary N) is 1. The number of nitro benzene ring substituents is 1. The molecule has 0 aliphatic rings. The van der Waals surface area contributed by atoms with Gasteiger partial charge in [0.15, 0.2) is 0 Å². The van der Waals surface area contributed by atoms with Crippen molar-refractivity contribution in [2.75, 3.05) is 5.32 Å². The summed E-state index contributed by atoms with van der Waals surface area (Å²) < 4.78 is 73.6. The van der Waals surface area contributed by atoms with Crippen LogP contribution < -0.4 is 5.32 Å². The summed E-state index contributed by atoms with van der Waals surface area (Å²) in [5.41, 5.74) is -6.01. The molecule has 2 aromatic carbocycles. The molecule has 0 saturated carbocycles. The molecule has 1 unspecified atom stereocenters. The van der Waals surface area contributed by atoms with Crippen LogP contribution >= 0.6 is 0 Å². The molecule has 1 atom stereocenters. The minimum Gasteiger partial charge on any atom is -0.373 e. The van der Waals surface area contributed by atoms with Crippen LogP contribution in [0.15, 0.2) is 47.4 Å². The van der Waals surface area contributed by atoms with Gasteiger partial charge in [0.05, 0.1) is 9.82 Å². The first-order valence-corrected chi connectivity index (χ1v) is 8.53. The van der Waals surface area contributed by atoms with Gasteiger partial charge in [0, 0.05) is 12.1 Å². The minimum atomic E-state index is -5.71. The molecule has 0 spiro atoms. The summed E-state index contributed by atoms with van der Waals surface area (Å²) >= 11 is 0. The molecule has 0 aliphatic heterocycles. The Hall–Kier alpha value is -2.69. The second-order valence-corrected chi connectivity index (χ2v) is 7.24. The highest BCUT2D eigenvalue weighted by Gasteiger charge is 2.47. The number of sulfone groups is 1. The fourth-order valence-corrected chi connectivity index (χ4v) is 2.93. The predicted octanol–water partition coefficient (Wildman–Crippen LogP) is 4.20. The third kappa shape index (κ3) is 3.93. The van der Waals surface area contributed by atoms with Crippen molar-refractivity contribution >= 4 is 21.2 Å². The predicted molar refractivity (Wildman–Crippen MR) is 84.8 cm³/mol. The van der Waals surface area contributed by atoms with Gasteiger partial charge in [-0.15, -0.1) is 0 Å². The van der Waals surface area contributed by atoms with E-state index in [2.05, 4.69) is 5.32 Å². The molecule has 0 aliphatic carbocycles. The average molecular weight is 392 g/mol. The molecule has 0 bridgehead atoms. The molecule has 0 saturated heterocycles. The second kappa shape index (κ2) is 6.90. The van der Waals surface area contributed by atoms with Crippen LogP contribution in [0.5, 0.6) is 0 Å². The van der Waals surface area contributed by atoms with Crippen LogP contribution in [0.1, 0.15) is 18.5 Å². The fraction of sp³-hybridized carbons (Fsp3) is 0.200. The van der Waals surface area contributed by atoms with Gasteiger partial charge in [-0.3, -0.25) is 10.1 Å². The van der Waals surface area contributed by atoms with Crippen LogP contribution in [0.3, 0.4) is 0 Å². The molecule has 0 amide bonds. The third-order valence-corrected chi connectivity index (χ3v) is 5.01. The van der Waals surface area contributed by atoms with Crippen LogP contribution in [0.2, 0.25) is 0 Å². The summed E-state index contributed by atoms with van der Waals surface area (Å²) in [5.74, 6) is -0.478. The summed E-state index contributed by atoms with van der Waals surface area (Å²) in [6.07, 6.45) is 0. The quantitative estimate of drug-likeness (QED) is 0.468. The van der Waals surface area contributed by atoms with Gasteiger partial charge >= 0.3 is 5.51 Å². The van der Waals surface area contributed by atoms with Crippen LogP contribution in [-0.2, 0) is 9.84 Å². The molecule has 0 aromatic heterocycles. The van der Waals surface area contributed by atoms with Crippen molar-refractivity contribution in [2.45, 2.75) is 23.4 Å². The normalized spacial score (nSPS) is 13.3. The van der Waals surface area contributed by atoms with Crippen molar-refractivity contribution in [3.63, 3.8) is 0 Å². The molecule has 11 heteroatoms. The van der Waals surface area contributed by atoms with E-state index in [0.29, 0.717) is 17.7 Å². The lowest BCUT2D eigenvalue weighted by Gasteiger charge is -2.16. The first kappa shape index (κ1) is 19.6. The van der Waals surface area contributed by atoms with Crippen molar-refractivity contribution in [1.29, 1.82) is 0 Å². The lowest BCUT2D eigenvalue weighted by Crippen LogP contribution is -2.23. The van der Waals surface area contributed by atoms with E-state index >= 15 is 0 Å². The zero-order chi connectivity index (χ0) is 19.7. The smallest absolute Gasteiger partial charge is 0.373 e. The Morgan fingerprint density at radius 3 is 2.19 bits per heavy atom. The van der Waals surface area contributed by atoms with Crippen LogP contribution in [0.4, 0.5) is 28.9 Å². The lowest BCUT2D eigenvalue weighted by atomic mass is 10.1. The number of halogens is 4. The van der Waals surface area contributed by atoms with Crippen molar-refractivity contribution < 1.29 is 30.9 Å². The molecular formula is C15H12F4N2O4S. The number of benzene rings is 2. The van der Waals surface area contributed by atoms with Crippen LogP contribution in [0.25, 0.3) is 0 Å². The number of alkyl halides is 3. The van der Waals surface area contributed by atoms with Gasteiger partial charge in [-0.1, -0.05) is 12.1 Å². The fourth-order valence-electron chi connectivity index (χ4n) is 2.15. The molecule has 0 radical (unpaired) electrons. The van der Waals surface area contributed by atoms with Crippen molar-refractivity contribution in [3.05, 3.63) is 64.0 Å². The third-order valence-electron chi connectivity index (χ3n) is 3.52. The summed E-state index contributed by atoms with van der Waals surface area (Å²) in [4.78, 5) is 8.94. The van der Waals surface area contributed by atoms with Gasteiger partial charge in [-0.25, -0.2) is 12.8 Å². The maximum atomic E-state index is 12.9. The lowest BCUT2D eigenvalue weighted by molar-refractivity contribution is -0.384. The first-order valence-electron chi connectivity index (χ1n) is 7.05. The maximum absolute atomic E-state index is 12.9. The van der Waals surface area contributed by atoms with E-state index in [1.165, 1.54) is 24.3 Å². The number of nitrogens with zero attached hydrogens (tertiary/aromatic N) is 1. The van der Waals surface area contributed by atoms with Gasteiger partial charge in [0.1, 0.15) is 11.5 Å². The van der Waals surface area contributed by atoms with E-state index in [1.807, 2.05) is 0 Å². The zero-order valence-corrected chi connectivity index (χ0v) is 13.9. The summed E-state index contributed by atoms with van der Waals surface area (Å²) in [5, 5.41) is 13.9.